The van der Waals surface area contributed by atoms with Crippen molar-refractivity contribution in [3.8, 4) is 5.75 Å². The number of anilines is 1. The van der Waals surface area contributed by atoms with Crippen molar-refractivity contribution in [1.29, 1.82) is 0 Å². The average molecular weight is 248 g/mol. The molecule has 0 spiro atoms. The Kier molecular flexibility index (Phi) is 4.24. The number of halogens is 2. The maximum Gasteiger partial charge on any atom is 0.139 e. The second-order valence-electron chi connectivity index (χ2n) is 2.99. The Morgan fingerprint density at radius 3 is 2.60 bits per heavy atom. The second kappa shape index (κ2) is 5.24. The molecule has 1 rings (SSSR count). The van der Waals surface area contributed by atoms with Crippen LogP contribution in [0.3, 0.4) is 0 Å². The fraction of sp³-hybridized carbons (Fsp3) is 0.300. The lowest BCUT2D eigenvalue weighted by atomic mass is 10.2. The lowest BCUT2D eigenvalue weighted by Crippen LogP contribution is -2.19. The molecule has 0 saturated heterocycles. The first-order chi connectivity index (χ1) is 7.10. The third kappa shape index (κ3) is 2.76. The number of hydrogen-bond donors (Lipinski definition) is 0. The molecule has 15 heavy (non-hydrogen) atoms. The smallest absolute Gasteiger partial charge is 0.139 e. The molecule has 0 saturated carbocycles. The molecule has 0 fully saturated rings. The van der Waals surface area contributed by atoms with Gasteiger partial charge in [0.05, 0.1) is 29.4 Å². The first-order valence-corrected chi connectivity index (χ1v) is 5.03. The molecule has 0 aliphatic heterocycles. The third-order valence-corrected chi connectivity index (χ3v) is 2.58. The largest absolute Gasteiger partial charge is 0.495 e. The summed E-state index contributed by atoms with van der Waals surface area (Å²) in [6.07, 6.45) is 0.800. The highest BCUT2D eigenvalue weighted by Gasteiger charge is 2.10. The highest BCUT2D eigenvalue weighted by Crippen LogP contribution is 2.35. The number of rotatable bonds is 4. The van der Waals surface area contributed by atoms with Gasteiger partial charge in [-0.2, -0.15) is 0 Å². The Morgan fingerprint density at radius 2 is 2.07 bits per heavy atom. The van der Waals surface area contributed by atoms with Gasteiger partial charge in [0.15, 0.2) is 0 Å². The zero-order valence-electron chi connectivity index (χ0n) is 8.46. The van der Waals surface area contributed by atoms with Gasteiger partial charge in [0.1, 0.15) is 12.0 Å². The number of nitrogens with zero attached hydrogens (tertiary/aromatic N) is 1. The van der Waals surface area contributed by atoms with Crippen LogP contribution in [-0.2, 0) is 4.79 Å². The van der Waals surface area contributed by atoms with Crippen LogP contribution in [0.4, 0.5) is 5.69 Å². The molecule has 82 valence electrons. The Bertz CT molecular complexity index is 369. The predicted octanol–water partition coefficient (Wildman–Crippen LogP) is 2.64. The van der Waals surface area contributed by atoms with E-state index < -0.39 is 0 Å². The minimum Gasteiger partial charge on any atom is -0.495 e. The van der Waals surface area contributed by atoms with Crippen LogP contribution in [-0.4, -0.2) is 27.0 Å². The molecule has 0 N–H and O–H groups in total. The van der Waals surface area contributed by atoms with Gasteiger partial charge in [-0.15, -0.1) is 0 Å². The van der Waals surface area contributed by atoms with E-state index in [0.717, 1.165) is 6.29 Å². The molecule has 1 aromatic carbocycles. The maximum absolute atomic E-state index is 10.4. The van der Waals surface area contributed by atoms with Crippen molar-refractivity contribution in [2.45, 2.75) is 0 Å². The molecule has 5 heteroatoms. The van der Waals surface area contributed by atoms with Gasteiger partial charge < -0.3 is 14.4 Å². The van der Waals surface area contributed by atoms with E-state index in [1.165, 1.54) is 7.11 Å². The Balaban J connectivity index is 3.09. The minimum absolute atomic E-state index is 0.266. The Hall–Kier alpha value is -0.930. The van der Waals surface area contributed by atoms with Crippen molar-refractivity contribution in [1.82, 2.24) is 0 Å². The van der Waals surface area contributed by atoms with E-state index in [-0.39, 0.29) is 6.54 Å². The molecule has 0 amide bonds. The van der Waals surface area contributed by atoms with Gasteiger partial charge in [0.2, 0.25) is 0 Å². The van der Waals surface area contributed by atoms with Crippen molar-refractivity contribution in [2.24, 2.45) is 0 Å². The molecule has 0 bridgehead atoms. The molecule has 0 aliphatic carbocycles. The Morgan fingerprint density at radius 1 is 1.40 bits per heavy atom. The van der Waals surface area contributed by atoms with Gasteiger partial charge in [0, 0.05) is 13.1 Å². The van der Waals surface area contributed by atoms with Crippen LogP contribution in [0.2, 0.25) is 10.0 Å². The van der Waals surface area contributed by atoms with Crippen LogP contribution in [0.1, 0.15) is 0 Å². The predicted molar refractivity (Wildman–Crippen MR) is 62.3 cm³/mol. The summed E-state index contributed by atoms with van der Waals surface area (Å²) in [6, 6.07) is 3.30. The van der Waals surface area contributed by atoms with Gasteiger partial charge in [0.25, 0.3) is 0 Å². The summed E-state index contributed by atoms with van der Waals surface area (Å²) in [5.41, 5.74) is 0.703. The van der Waals surface area contributed by atoms with E-state index >= 15 is 0 Å². The van der Waals surface area contributed by atoms with Crippen LogP contribution < -0.4 is 9.64 Å². The maximum atomic E-state index is 10.4. The van der Waals surface area contributed by atoms with Crippen LogP contribution in [0.15, 0.2) is 12.1 Å². The molecule has 0 unspecified atom stereocenters. The second-order valence-corrected chi connectivity index (χ2v) is 3.80. The first kappa shape index (κ1) is 12.1. The summed E-state index contributed by atoms with van der Waals surface area (Å²) >= 11 is 12.0. The third-order valence-electron chi connectivity index (χ3n) is 1.98. The molecule has 0 radical (unpaired) electrons. The summed E-state index contributed by atoms with van der Waals surface area (Å²) in [5.74, 6) is 0.518. The number of carbonyl (C=O) groups is 1. The minimum atomic E-state index is 0.266. The number of aldehydes is 1. The van der Waals surface area contributed by atoms with Crippen molar-refractivity contribution in [3.63, 3.8) is 0 Å². The Labute approximate surface area is 98.5 Å². The van der Waals surface area contributed by atoms with Crippen molar-refractivity contribution in [3.05, 3.63) is 22.2 Å². The average Bonchev–Trinajstić information content (AvgIpc) is 2.21. The monoisotopic (exact) mass is 247 g/mol. The van der Waals surface area contributed by atoms with Gasteiger partial charge >= 0.3 is 0 Å². The zero-order valence-corrected chi connectivity index (χ0v) is 9.97. The number of hydrogen-bond acceptors (Lipinski definition) is 3. The molecule has 0 heterocycles. The molecule has 0 aliphatic rings. The highest BCUT2D eigenvalue weighted by molar-refractivity contribution is 6.36. The SMILES string of the molecule is COc1cc(Cl)c(N(C)CC=O)cc1Cl. The van der Waals surface area contributed by atoms with Crippen LogP contribution >= 0.6 is 23.2 Å². The van der Waals surface area contributed by atoms with Gasteiger partial charge in [-0.3, -0.25) is 0 Å². The highest BCUT2D eigenvalue weighted by atomic mass is 35.5. The lowest BCUT2D eigenvalue weighted by molar-refractivity contribution is -0.106. The number of ether oxygens (including phenoxy) is 1. The molecular weight excluding hydrogens is 237 g/mol. The summed E-state index contributed by atoms with van der Waals surface area (Å²) in [7, 11) is 3.28. The van der Waals surface area contributed by atoms with Crippen molar-refractivity contribution >= 4 is 35.2 Å². The summed E-state index contributed by atoms with van der Waals surface area (Å²) in [6.45, 7) is 0.266. The fourth-order valence-electron chi connectivity index (χ4n) is 1.18. The first-order valence-electron chi connectivity index (χ1n) is 4.28. The van der Waals surface area contributed by atoms with E-state index in [4.69, 9.17) is 27.9 Å². The van der Waals surface area contributed by atoms with Gasteiger partial charge in [-0.25, -0.2) is 0 Å². The lowest BCUT2D eigenvalue weighted by Gasteiger charge is -2.18. The number of benzene rings is 1. The van der Waals surface area contributed by atoms with Crippen LogP contribution in [0, 0.1) is 0 Å². The molecule has 1 aromatic rings. The molecule has 0 aromatic heterocycles. The van der Waals surface area contributed by atoms with E-state index in [1.54, 1.807) is 24.1 Å². The van der Waals surface area contributed by atoms with Gasteiger partial charge in [-0.1, -0.05) is 23.2 Å². The number of carbonyl (C=O) groups excluding carboxylic acids is 1. The summed E-state index contributed by atoms with van der Waals surface area (Å²) < 4.78 is 5.02. The summed E-state index contributed by atoms with van der Waals surface area (Å²) in [5, 5.41) is 0.968. The van der Waals surface area contributed by atoms with Crippen LogP contribution in [0.25, 0.3) is 0 Å². The van der Waals surface area contributed by atoms with E-state index in [2.05, 4.69) is 0 Å². The zero-order chi connectivity index (χ0) is 11.4. The van der Waals surface area contributed by atoms with Crippen molar-refractivity contribution < 1.29 is 9.53 Å². The topological polar surface area (TPSA) is 29.5 Å². The van der Waals surface area contributed by atoms with E-state index in [9.17, 15) is 4.79 Å². The van der Waals surface area contributed by atoms with Crippen LogP contribution in [0.5, 0.6) is 5.75 Å². The molecular formula is C10H11Cl2NO2. The van der Waals surface area contributed by atoms with Gasteiger partial charge in [-0.05, 0) is 6.07 Å². The standard InChI is InChI=1S/C10H11Cl2NO2/c1-13(3-4-14)9-5-8(12)10(15-2)6-7(9)11/h4-6H,3H2,1-2H3. The molecule has 3 nitrogen and oxygen atoms in total. The van der Waals surface area contributed by atoms with Crippen molar-refractivity contribution in [2.75, 3.05) is 25.6 Å². The number of methoxy groups -OCH3 is 1. The normalized spacial score (nSPS) is 9.87. The van der Waals surface area contributed by atoms with E-state index in [1.807, 2.05) is 0 Å². The quantitative estimate of drug-likeness (QED) is 0.767. The summed E-state index contributed by atoms with van der Waals surface area (Å²) in [4.78, 5) is 12.1. The number of likely N-dealkylation sites (N-methyl/N-ethyl adjacent to an activating group) is 1. The fourth-order valence-corrected chi connectivity index (χ4v) is 1.71. The van der Waals surface area contributed by atoms with E-state index in [0.29, 0.717) is 21.5 Å². The molecule has 0 atom stereocenters.